The topological polar surface area (TPSA) is 52.2 Å². The van der Waals surface area contributed by atoms with Gasteiger partial charge in [0.15, 0.2) is 0 Å². The highest BCUT2D eigenvalue weighted by Crippen LogP contribution is 2.16. The fourth-order valence-corrected chi connectivity index (χ4v) is 2.60. The van der Waals surface area contributed by atoms with E-state index in [9.17, 15) is 4.79 Å². The molecular weight excluding hydrogens is 228 g/mol. The number of hydrogen-bond donors (Lipinski definition) is 1. The number of hydrogen-bond acceptors (Lipinski definition) is 3. The van der Waals surface area contributed by atoms with Gasteiger partial charge in [0.25, 0.3) is 0 Å². The molecule has 0 bridgehead atoms. The number of aromatic nitrogens is 2. The van der Waals surface area contributed by atoms with Crippen LogP contribution in [-0.2, 0) is 11.3 Å². The second-order valence-corrected chi connectivity index (χ2v) is 4.94. The first-order chi connectivity index (χ1) is 8.72. The largest absolute Gasteiger partial charge is 0.339 e. The molecule has 100 valence electrons. The molecular formula is C13H22N4O. The second-order valence-electron chi connectivity index (χ2n) is 4.94. The van der Waals surface area contributed by atoms with E-state index in [0.717, 1.165) is 25.2 Å². The molecule has 0 aromatic carbocycles. The minimum absolute atomic E-state index is 0.0421. The Morgan fingerprint density at radius 1 is 1.56 bits per heavy atom. The van der Waals surface area contributed by atoms with Gasteiger partial charge in [-0.3, -0.25) is 14.8 Å². The average Bonchev–Trinajstić information content (AvgIpc) is 3.02. The van der Waals surface area contributed by atoms with Crippen LogP contribution in [0.25, 0.3) is 0 Å². The van der Waals surface area contributed by atoms with Gasteiger partial charge in [-0.25, -0.2) is 0 Å². The summed E-state index contributed by atoms with van der Waals surface area (Å²) in [6.45, 7) is 4.80. The Hall–Kier alpha value is -1.36. The van der Waals surface area contributed by atoms with E-state index in [1.165, 1.54) is 12.8 Å². The number of H-pyrrole nitrogens is 1. The van der Waals surface area contributed by atoms with Crippen molar-refractivity contribution in [2.45, 2.75) is 38.8 Å². The van der Waals surface area contributed by atoms with E-state index < -0.39 is 0 Å². The maximum Gasteiger partial charge on any atom is 0.240 e. The average molecular weight is 250 g/mol. The predicted molar refractivity (Wildman–Crippen MR) is 69.9 cm³/mol. The molecule has 1 amide bonds. The van der Waals surface area contributed by atoms with Crippen LogP contribution in [0.15, 0.2) is 12.3 Å². The summed E-state index contributed by atoms with van der Waals surface area (Å²) < 4.78 is 0. The smallest absolute Gasteiger partial charge is 0.240 e. The van der Waals surface area contributed by atoms with E-state index >= 15 is 0 Å². The Kier molecular flexibility index (Phi) is 4.36. The normalized spacial score (nSPS) is 17.9. The Bertz CT molecular complexity index is 370. The number of rotatable bonds is 5. The van der Waals surface area contributed by atoms with Crippen LogP contribution in [0.3, 0.4) is 0 Å². The number of amides is 1. The lowest BCUT2D eigenvalue weighted by atomic mass is 10.1. The molecule has 1 atom stereocenters. The van der Waals surface area contributed by atoms with Crippen LogP contribution < -0.4 is 0 Å². The number of nitrogens with zero attached hydrogens (tertiary/aromatic N) is 3. The summed E-state index contributed by atoms with van der Waals surface area (Å²) in [7, 11) is 1.86. The molecule has 1 aliphatic heterocycles. The van der Waals surface area contributed by atoms with Crippen molar-refractivity contribution in [2.75, 3.05) is 20.1 Å². The van der Waals surface area contributed by atoms with Crippen molar-refractivity contribution in [2.24, 2.45) is 0 Å². The van der Waals surface area contributed by atoms with E-state index in [0.29, 0.717) is 6.54 Å². The van der Waals surface area contributed by atoms with Gasteiger partial charge in [0.1, 0.15) is 0 Å². The SMILES string of the molecule is CC[C@H](C(=O)N(C)Cc1ccn[nH]1)N1CCCC1. The molecule has 0 saturated carbocycles. The van der Waals surface area contributed by atoms with Crippen LogP contribution in [0.2, 0.25) is 0 Å². The summed E-state index contributed by atoms with van der Waals surface area (Å²) in [6, 6.07) is 1.95. The number of likely N-dealkylation sites (N-methyl/N-ethyl adjacent to an activating group) is 1. The molecule has 1 aromatic rings. The summed E-state index contributed by atoms with van der Waals surface area (Å²) in [5, 5.41) is 6.80. The summed E-state index contributed by atoms with van der Waals surface area (Å²) in [5.74, 6) is 0.217. The molecule has 1 fully saturated rings. The molecule has 0 aliphatic carbocycles. The lowest BCUT2D eigenvalue weighted by Gasteiger charge is -2.29. The number of carbonyl (C=O) groups is 1. The molecule has 5 heteroatoms. The Morgan fingerprint density at radius 2 is 2.28 bits per heavy atom. The van der Waals surface area contributed by atoms with E-state index in [1.807, 2.05) is 13.1 Å². The van der Waals surface area contributed by atoms with Crippen molar-refractivity contribution in [3.63, 3.8) is 0 Å². The third-order valence-corrected chi connectivity index (χ3v) is 3.60. The molecule has 2 heterocycles. The molecule has 1 aromatic heterocycles. The highest BCUT2D eigenvalue weighted by molar-refractivity contribution is 5.81. The van der Waals surface area contributed by atoms with Gasteiger partial charge in [-0.15, -0.1) is 0 Å². The third-order valence-electron chi connectivity index (χ3n) is 3.60. The van der Waals surface area contributed by atoms with Crippen molar-refractivity contribution in [3.05, 3.63) is 18.0 Å². The Morgan fingerprint density at radius 3 is 2.83 bits per heavy atom. The van der Waals surface area contributed by atoms with E-state index in [4.69, 9.17) is 0 Å². The molecule has 18 heavy (non-hydrogen) atoms. The van der Waals surface area contributed by atoms with Crippen LogP contribution in [0.5, 0.6) is 0 Å². The van der Waals surface area contributed by atoms with Gasteiger partial charge in [0.2, 0.25) is 5.91 Å². The Balaban J connectivity index is 1.95. The fraction of sp³-hybridized carbons (Fsp3) is 0.692. The first kappa shape index (κ1) is 13.1. The van der Waals surface area contributed by atoms with Crippen LogP contribution in [0.4, 0.5) is 0 Å². The van der Waals surface area contributed by atoms with E-state index in [-0.39, 0.29) is 11.9 Å². The van der Waals surface area contributed by atoms with Crippen LogP contribution >= 0.6 is 0 Å². The van der Waals surface area contributed by atoms with Gasteiger partial charge in [-0.05, 0) is 38.4 Å². The zero-order chi connectivity index (χ0) is 13.0. The highest BCUT2D eigenvalue weighted by Gasteiger charge is 2.28. The molecule has 5 nitrogen and oxygen atoms in total. The monoisotopic (exact) mass is 250 g/mol. The van der Waals surface area contributed by atoms with Crippen LogP contribution in [0, 0.1) is 0 Å². The molecule has 0 radical (unpaired) electrons. The lowest BCUT2D eigenvalue weighted by Crippen LogP contribution is -2.45. The van der Waals surface area contributed by atoms with Gasteiger partial charge in [-0.1, -0.05) is 6.92 Å². The van der Waals surface area contributed by atoms with E-state index in [2.05, 4.69) is 22.0 Å². The minimum Gasteiger partial charge on any atom is -0.339 e. The van der Waals surface area contributed by atoms with Crippen LogP contribution in [-0.4, -0.2) is 52.1 Å². The summed E-state index contributed by atoms with van der Waals surface area (Å²) in [4.78, 5) is 16.5. The fourth-order valence-electron chi connectivity index (χ4n) is 2.60. The molecule has 1 N–H and O–H groups in total. The maximum atomic E-state index is 12.4. The summed E-state index contributed by atoms with van der Waals surface area (Å²) in [5.41, 5.74) is 0.974. The number of carbonyl (C=O) groups excluding carboxylic acids is 1. The lowest BCUT2D eigenvalue weighted by molar-refractivity contribution is -0.136. The summed E-state index contributed by atoms with van der Waals surface area (Å²) in [6.07, 6.45) is 5.03. The molecule has 0 spiro atoms. The Labute approximate surface area is 108 Å². The molecule has 1 aliphatic rings. The molecule has 0 unspecified atom stereocenters. The zero-order valence-corrected chi connectivity index (χ0v) is 11.2. The predicted octanol–water partition coefficient (Wildman–Crippen LogP) is 1.24. The second kappa shape index (κ2) is 6.00. The van der Waals surface area contributed by atoms with Gasteiger partial charge >= 0.3 is 0 Å². The van der Waals surface area contributed by atoms with Crippen molar-refractivity contribution in [1.82, 2.24) is 20.0 Å². The van der Waals surface area contributed by atoms with Crippen molar-refractivity contribution >= 4 is 5.91 Å². The minimum atomic E-state index is 0.0421. The van der Waals surface area contributed by atoms with Gasteiger partial charge < -0.3 is 4.90 Å². The molecule has 1 saturated heterocycles. The van der Waals surface area contributed by atoms with Gasteiger partial charge in [0.05, 0.1) is 18.3 Å². The molecule has 2 rings (SSSR count). The zero-order valence-electron chi connectivity index (χ0n) is 11.2. The first-order valence-corrected chi connectivity index (χ1v) is 6.69. The van der Waals surface area contributed by atoms with Crippen molar-refractivity contribution < 1.29 is 4.79 Å². The maximum absolute atomic E-state index is 12.4. The van der Waals surface area contributed by atoms with Gasteiger partial charge in [0, 0.05) is 13.2 Å². The van der Waals surface area contributed by atoms with Crippen molar-refractivity contribution in [3.8, 4) is 0 Å². The highest BCUT2D eigenvalue weighted by atomic mass is 16.2. The number of likely N-dealkylation sites (tertiary alicyclic amines) is 1. The van der Waals surface area contributed by atoms with Gasteiger partial charge in [-0.2, -0.15) is 5.10 Å². The number of aromatic amines is 1. The van der Waals surface area contributed by atoms with Crippen LogP contribution in [0.1, 0.15) is 31.9 Å². The summed E-state index contributed by atoms with van der Waals surface area (Å²) >= 11 is 0. The standard InChI is InChI=1S/C13H22N4O/c1-3-12(17-8-4-5-9-17)13(18)16(2)10-11-6-7-14-15-11/h6-7,12H,3-5,8-10H2,1-2H3,(H,14,15)/t12-/m1/s1. The van der Waals surface area contributed by atoms with E-state index in [1.54, 1.807) is 11.1 Å². The quantitative estimate of drug-likeness (QED) is 0.855. The first-order valence-electron chi connectivity index (χ1n) is 6.69. The third kappa shape index (κ3) is 2.90. The number of nitrogens with one attached hydrogen (secondary N) is 1. The van der Waals surface area contributed by atoms with Crippen molar-refractivity contribution in [1.29, 1.82) is 0 Å².